The van der Waals surface area contributed by atoms with Crippen LogP contribution >= 0.6 is 0 Å². The van der Waals surface area contributed by atoms with E-state index < -0.39 is 0 Å². The Morgan fingerprint density at radius 2 is 2.00 bits per heavy atom. The van der Waals surface area contributed by atoms with Crippen LogP contribution in [0.25, 0.3) is 5.69 Å². The van der Waals surface area contributed by atoms with Gasteiger partial charge in [0.2, 0.25) is 0 Å². The second-order valence-electron chi connectivity index (χ2n) is 4.14. The Bertz CT molecular complexity index is 493. The number of ether oxygens (including phenoxy) is 1. The van der Waals surface area contributed by atoms with Crippen LogP contribution in [0.5, 0.6) is 5.75 Å². The third-order valence-electron chi connectivity index (χ3n) is 2.32. The molecule has 0 aliphatic heterocycles. The molecule has 18 heavy (non-hydrogen) atoms. The van der Waals surface area contributed by atoms with Gasteiger partial charge in [-0.05, 0) is 48.5 Å². The van der Waals surface area contributed by atoms with Crippen LogP contribution in [0, 0.1) is 0 Å². The smallest absolute Gasteiger partial charge is 0.158 e. The van der Waals surface area contributed by atoms with E-state index in [0.717, 1.165) is 11.4 Å². The quantitative estimate of drug-likeness (QED) is 0.854. The van der Waals surface area contributed by atoms with Crippen LogP contribution in [0.1, 0.15) is 19.7 Å². The summed E-state index contributed by atoms with van der Waals surface area (Å²) in [7, 11) is 0. The maximum atomic E-state index is 8.92. The fraction of sp³-hybridized carbons (Fsp3) is 0.417. The minimum absolute atomic E-state index is 0.0227. The predicted octanol–water partition coefficient (Wildman–Crippen LogP) is 0.984. The molecular formula is C12H16N4O2. The molecule has 6 nitrogen and oxygen atoms in total. The van der Waals surface area contributed by atoms with E-state index >= 15 is 0 Å². The molecule has 0 radical (unpaired) electrons. The molecule has 6 heteroatoms. The Hall–Kier alpha value is -1.95. The first kappa shape index (κ1) is 12.5. The lowest BCUT2D eigenvalue weighted by Crippen LogP contribution is -2.07. The van der Waals surface area contributed by atoms with Crippen LogP contribution in [-0.4, -0.2) is 38.0 Å². The van der Waals surface area contributed by atoms with Gasteiger partial charge in [-0.1, -0.05) is 0 Å². The number of hydrogen-bond donors (Lipinski definition) is 1. The number of hydrogen-bond acceptors (Lipinski definition) is 5. The maximum Gasteiger partial charge on any atom is 0.158 e. The van der Waals surface area contributed by atoms with Crippen molar-refractivity contribution in [3.63, 3.8) is 0 Å². The lowest BCUT2D eigenvalue weighted by atomic mass is 10.3. The summed E-state index contributed by atoms with van der Waals surface area (Å²) >= 11 is 0. The normalized spacial score (nSPS) is 10.9. The zero-order valence-electron chi connectivity index (χ0n) is 10.4. The summed E-state index contributed by atoms with van der Waals surface area (Å²) in [5, 5.41) is 20.3. The van der Waals surface area contributed by atoms with Crippen molar-refractivity contribution in [2.75, 3.05) is 6.61 Å². The van der Waals surface area contributed by atoms with Crippen LogP contribution in [-0.2, 0) is 6.42 Å². The van der Waals surface area contributed by atoms with Crippen molar-refractivity contribution in [1.82, 2.24) is 20.2 Å². The standard InChI is InChI=1S/C12H16N4O2/c1-9(2)18-11-5-3-10(4-6-11)16-12(7-8-17)13-14-15-16/h3-6,9,17H,7-8H2,1-2H3. The van der Waals surface area contributed by atoms with Gasteiger partial charge in [-0.25, -0.2) is 0 Å². The zero-order chi connectivity index (χ0) is 13.0. The number of benzene rings is 1. The lowest BCUT2D eigenvalue weighted by molar-refractivity contribution is 0.242. The van der Waals surface area contributed by atoms with E-state index in [9.17, 15) is 0 Å². The Morgan fingerprint density at radius 1 is 1.28 bits per heavy atom. The molecule has 0 saturated carbocycles. The van der Waals surface area contributed by atoms with Crippen molar-refractivity contribution in [2.24, 2.45) is 0 Å². The van der Waals surface area contributed by atoms with E-state index in [4.69, 9.17) is 9.84 Å². The summed E-state index contributed by atoms with van der Waals surface area (Å²) in [6, 6.07) is 7.52. The number of nitrogens with zero attached hydrogens (tertiary/aromatic N) is 4. The summed E-state index contributed by atoms with van der Waals surface area (Å²) in [6.07, 6.45) is 0.575. The Labute approximate surface area is 105 Å². The summed E-state index contributed by atoms with van der Waals surface area (Å²) in [5.74, 6) is 1.44. The molecule has 1 N–H and O–H groups in total. The van der Waals surface area contributed by atoms with Gasteiger partial charge in [0.15, 0.2) is 5.82 Å². The van der Waals surface area contributed by atoms with Gasteiger partial charge >= 0.3 is 0 Å². The monoisotopic (exact) mass is 248 g/mol. The van der Waals surface area contributed by atoms with Gasteiger partial charge in [0, 0.05) is 6.42 Å². The zero-order valence-corrected chi connectivity index (χ0v) is 10.4. The maximum absolute atomic E-state index is 8.92. The average Bonchev–Trinajstić information content (AvgIpc) is 2.78. The van der Waals surface area contributed by atoms with Crippen LogP contribution < -0.4 is 4.74 Å². The van der Waals surface area contributed by atoms with Crippen LogP contribution in [0.15, 0.2) is 24.3 Å². The third-order valence-corrected chi connectivity index (χ3v) is 2.32. The SMILES string of the molecule is CC(C)Oc1ccc(-n2nnnc2CCO)cc1. The van der Waals surface area contributed by atoms with Gasteiger partial charge in [0.05, 0.1) is 18.4 Å². The second-order valence-corrected chi connectivity index (χ2v) is 4.14. The van der Waals surface area contributed by atoms with E-state index in [1.54, 1.807) is 4.68 Å². The molecule has 0 spiro atoms. The van der Waals surface area contributed by atoms with Gasteiger partial charge in [-0.3, -0.25) is 0 Å². The highest BCUT2D eigenvalue weighted by Crippen LogP contribution is 2.16. The van der Waals surface area contributed by atoms with E-state index in [-0.39, 0.29) is 12.7 Å². The molecule has 0 atom stereocenters. The van der Waals surface area contributed by atoms with Crippen molar-refractivity contribution in [2.45, 2.75) is 26.4 Å². The lowest BCUT2D eigenvalue weighted by Gasteiger charge is -2.10. The van der Waals surface area contributed by atoms with Gasteiger partial charge in [-0.2, -0.15) is 4.68 Å². The van der Waals surface area contributed by atoms with E-state index in [0.29, 0.717) is 12.2 Å². The average molecular weight is 248 g/mol. The first-order chi connectivity index (χ1) is 8.70. The molecule has 0 saturated heterocycles. The molecule has 1 aromatic carbocycles. The number of tetrazole rings is 1. The fourth-order valence-corrected chi connectivity index (χ4v) is 1.60. The topological polar surface area (TPSA) is 73.1 Å². The minimum atomic E-state index is 0.0227. The molecule has 0 amide bonds. The largest absolute Gasteiger partial charge is 0.491 e. The molecule has 2 rings (SSSR count). The van der Waals surface area contributed by atoms with Gasteiger partial charge in [0.1, 0.15) is 5.75 Å². The molecule has 0 unspecified atom stereocenters. The van der Waals surface area contributed by atoms with E-state index in [1.165, 1.54) is 0 Å². The molecular weight excluding hydrogens is 232 g/mol. The highest BCUT2D eigenvalue weighted by atomic mass is 16.5. The Kier molecular flexibility index (Phi) is 3.88. The highest BCUT2D eigenvalue weighted by Gasteiger charge is 2.07. The summed E-state index contributed by atoms with van der Waals surface area (Å²) < 4.78 is 7.17. The molecule has 2 aromatic rings. The molecule has 0 bridgehead atoms. The van der Waals surface area contributed by atoms with Crippen LogP contribution in [0.2, 0.25) is 0 Å². The molecule has 0 fully saturated rings. The first-order valence-corrected chi connectivity index (χ1v) is 5.86. The molecule has 96 valence electrons. The van der Waals surface area contributed by atoms with Crippen LogP contribution in [0.3, 0.4) is 0 Å². The molecule has 0 aliphatic carbocycles. The molecule has 1 aromatic heterocycles. The van der Waals surface area contributed by atoms with Crippen molar-refractivity contribution < 1.29 is 9.84 Å². The summed E-state index contributed by atoms with van der Waals surface area (Å²) in [6.45, 7) is 3.98. The fourth-order valence-electron chi connectivity index (χ4n) is 1.60. The summed E-state index contributed by atoms with van der Waals surface area (Å²) in [4.78, 5) is 0. The minimum Gasteiger partial charge on any atom is -0.491 e. The highest BCUT2D eigenvalue weighted by molar-refractivity contribution is 5.37. The molecule has 1 heterocycles. The van der Waals surface area contributed by atoms with E-state index in [2.05, 4.69) is 15.5 Å². The van der Waals surface area contributed by atoms with Crippen LogP contribution in [0.4, 0.5) is 0 Å². The van der Waals surface area contributed by atoms with Crippen molar-refractivity contribution >= 4 is 0 Å². The number of aliphatic hydroxyl groups excluding tert-OH is 1. The second kappa shape index (κ2) is 5.59. The Balaban J connectivity index is 2.20. The van der Waals surface area contributed by atoms with Gasteiger partial charge < -0.3 is 9.84 Å². The number of rotatable bonds is 5. The van der Waals surface area contributed by atoms with Gasteiger partial charge in [0.25, 0.3) is 0 Å². The predicted molar refractivity (Wildman–Crippen MR) is 65.7 cm³/mol. The van der Waals surface area contributed by atoms with Crippen molar-refractivity contribution in [3.05, 3.63) is 30.1 Å². The van der Waals surface area contributed by atoms with E-state index in [1.807, 2.05) is 38.1 Å². The van der Waals surface area contributed by atoms with Crippen molar-refractivity contribution in [3.8, 4) is 11.4 Å². The number of aromatic nitrogens is 4. The molecule has 0 aliphatic rings. The number of aliphatic hydroxyl groups is 1. The Morgan fingerprint density at radius 3 is 2.61 bits per heavy atom. The first-order valence-electron chi connectivity index (χ1n) is 5.86. The van der Waals surface area contributed by atoms with Gasteiger partial charge in [-0.15, -0.1) is 5.10 Å². The third kappa shape index (κ3) is 2.84. The summed E-state index contributed by atoms with van der Waals surface area (Å²) in [5.41, 5.74) is 0.847. The van der Waals surface area contributed by atoms with Crippen molar-refractivity contribution in [1.29, 1.82) is 0 Å².